The maximum Gasteiger partial charge on any atom is 0.328 e. The van der Waals surface area contributed by atoms with E-state index >= 15 is 0 Å². The monoisotopic (exact) mass is 286 g/mol. The van der Waals surface area contributed by atoms with Crippen LogP contribution in [0.25, 0.3) is 0 Å². The molecule has 1 aliphatic rings. The lowest BCUT2D eigenvalue weighted by Gasteiger charge is -2.33. The quantitative estimate of drug-likeness (QED) is 0.730. The number of carboxylic acid groups (broad SMARTS) is 1. The number of hydrogen-bond donors (Lipinski definition) is 2. The number of ether oxygens (including phenoxy) is 1. The van der Waals surface area contributed by atoms with E-state index in [-0.39, 0.29) is 6.54 Å². The summed E-state index contributed by atoms with van der Waals surface area (Å²) in [7, 11) is 1.30. The largest absolute Gasteiger partial charge is 0.481 e. The van der Waals surface area contributed by atoms with Gasteiger partial charge < -0.3 is 20.1 Å². The number of amides is 2. The predicted molar refractivity (Wildman–Crippen MR) is 71.2 cm³/mol. The Hall–Kier alpha value is -1.79. The molecule has 0 aromatic carbocycles. The van der Waals surface area contributed by atoms with E-state index in [4.69, 9.17) is 9.84 Å². The van der Waals surface area contributed by atoms with Crippen molar-refractivity contribution in [3.8, 4) is 0 Å². The molecule has 1 saturated heterocycles. The van der Waals surface area contributed by atoms with Crippen LogP contribution in [0.5, 0.6) is 0 Å². The van der Waals surface area contributed by atoms with E-state index in [9.17, 15) is 14.4 Å². The van der Waals surface area contributed by atoms with Gasteiger partial charge in [-0.05, 0) is 25.7 Å². The second kappa shape index (κ2) is 7.72. The first-order valence-corrected chi connectivity index (χ1v) is 6.86. The van der Waals surface area contributed by atoms with E-state index in [1.165, 1.54) is 12.0 Å². The van der Waals surface area contributed by atoms with Crippen molar-refractivity contribution in [1.82, 2.24) is 10.2 Å². The molecule has 1 heterocycles. The van der Waals surface area contributed by atoms with Gasteiger partial charge in [-0.2, -0.15) is 0 Å². The standard InChI is InChI=1S/C13H22N2O5/c1-3-9(11(16)17)8-14-13(19)15-7-5-4-6-10(15)12(18)20-2/h9-10H,3-8H2,1-2H3,(H,14,19)(H,16,17). The number of urea groups is 1. The molecule has 2 N–H and O–H groups in total. The third kappa shape index (κ3) is 4.11. The normalized spacial score (nSPS) is 20.1. The van der Waals surface area contributed by atoms with Crippen LogP contribution in [0, 0.1) is 5.92 Å². The van der Waals surface area contributed by atoms with Gasteiger partial charge in [0.05, 0.1) is 13.0 Å². The van der Waals surface area contributed by atoms with Crippen molar-refractivity contribution >= 4 is 18.0 Å². The number of carboxylic acids is 1. The Morgan fingerprint density at radius 2 is 2.10 bits per heavy atom. The van der Waals surface area contributed by atoms with Gasteiger partial charge in [0.15, 0.2) is 0 Å². The molecule has 7 nitrogen and oxygen atoms in total. The molecule has 20 heavy (non-hydrogen) atoms. The average Bonchev–Trinajstić information content (AvgIpc) is 2.46. The number of likely N-dealkylation sites (tertiary alicyclic amines) is 1. The lowest BCUT2D eigenvalue weighted by molar-refractivity contribution is -0.147. The molecule has 114 valence electrons. The van der Waals surface area contributed by atoms with Gasteiger partial charge in [-0.15, -0.1) is 0 Å². The molecule has 0 aliphatic carbocycles. The van der Waals surface area contributed by atoms with Gasteiger partial charge in [0.25, 0.3) is 0 Å². The fraction of sp³-hybridized carbons (Fsp3) is 0.769. The van der Waals surface area contributed by atoms with Crippen molar-refractivity contribution < 1.29 is 24.2 Å². The van der Waals surface area contributed by atoms with Crippen LogP contribution in [0.15, 0.2) is 0 Å². The van der Waals surface area contributed by atoms with Gasteiger partial charge >= 0.3 is 18.0 Å². The minimum Gasteiger partial charge on any atom is -0.481 e. The molecule has 0 aromatic rings. The fourth-order valence-electron chi connectivity index (χ4n) is 2.27. The van der Waals surface area contributed by atoms with Crippen LogP contribution in [0.2, 0.25) is 0 Å². The fourth-order valence-corrected chi connectivity index (χ4v) is 2.27. The Balaban J connectivity index is 2.59. The van der Waals surface area contributed by atoms with Crippen molar-refractivity contribution in [1.29, 1.82) is 0 Å². The van der Waals surface area contributed by atoms with Gasteiger partial charge in [0.2, 0.25) is 0 Å². The van der Waals surface area contributed by atoms with Gasteiger partial charge in [0, 0.05) is 13.1 Å². The zero-order chi connectivity index (χ0) is 15.1. The molecule has 1 aliphatic heterocycles. The van der Waals surface area contributed by atoms with E-state index in [0.29, 0.717) is 19.4 Å². The molecule has 1 rings (SSSR count). The highest BCUT2D eigenvalue weighted by Crippen LogP contribution is 2.18. The van der Waals surface area contributed by atoms with Crippen LogP contribution in [0.4, 0.5) is 4.79 Å². The molecular formula is C13H22N2O5. The molecule has 7 heteroatoms. The summed E-state index contributed by atoms with van der Waals surface area (Å²) in [4.78, 5) is 36.1. The Labute approximate surface area is 118 Å². The number of rotatable bonds is 5. The number of carbonyl (C=O) groups excluding carboxylic acids is 2. The number of aliphatic carboxylic acids is 1. The number of methoxy groups -OCH3 is 1. The summed E-state index contributed by atoms with van der Waals surface area (Å²) in [5, 5.41) is 11.5. The molecule has 0 bridgehead atoms. The van der Waals surface area contributed by atoms with Crippen molar-refractivity contribution in [2.75, 3.05) is 20.2 Å². The summed E-state index contributed by atoms with van der Waals surface area (Å²) in [5.41, 5.74) is 0. The lowest BCUT2D eigenvalue weighted by atomic mass is 10.0. The highest BCUT2D eigenvalue weighted by Gasteiger charge is 2.33. The van der Waals surface area contributed by atoms with Crippen LogP contribution in [-0.4, -0.2) is 54.2 Å². The first kappa shape index (κ1) is 16.3. The van der Waals surface area contributed by atoms with Crippen LogP contribution in [0.1, 0.15) is 32.6 Å². The van der Waals surface area contributed by atoms with Crippen molar-refractivity contribution in [3.63, 3.8) is 0 Å². The van der Waals surface area contributed by atoms with Crippen LogP contribution in [0.3, 0.4) is 0 Å². The summed E-state index contributed by atoms with van der Waals surface area (Å²) in [6.07, 6.45) is 2.72. The molecule has 0 radical (unpaired) electrons. The minimum atomic E-state index is -0.934. The van der Waals surface area contributed by atoms with Crippen LogP contribution < -0.4 is 5.32 Å². The number of nitrogens with zero attached hydrogens (tertiary/aromatic N) is 1. The van der Waals surface area contributed by atoms with Crippen molar-refractivity contribution in [2.45, 2.75) is 38.6 Å². The topological polar surface area (TPSA) is 95.9 Å². The molecule has 2 unspecified atom stereocenters. The summed E-state index contributed by atoms with van der Waals surface area (Å²) in [6.45, 7) is 2.30. The zero-order valence-electron chi connectivity index (χ0n) is 11.9. The average molecular weight is 286 g/mol. The highest BCUT2D eigenvalue weighted by molar-refractivity contribution is 5.84. The zero-order valence-corrected chi connectivity index (χ0v) is 11.9. The van der Waals surface area contributed by atoms with E-state index in [1.807, 2.05) is 0 Å². The molecule has 2 atom stereocenters. The third-order valence-corrected chi connectivity index (χ3v) is 3.58. The number of esters is 1. The molecule has 0 saturated carbocycles. The summed E-state index contributed by atoms with van der Waals surface area (Å²) in [5.74, 6) is -1.97. The number of hydrogen-bond acceptors (Lipinski definition) is 4. The van der Waals surface area contributed by atoms with E-state index in [2.05, 4.69) is 5.32 Å². The lowest BCUT2D eigenvalue weighted by Crippen LogP contribution is -2.53. The van der Waals surface area contributed by atoms with E-state index < -0.39 is 29.9 Å². The summed E-state index contributed by atoms with van der Waals surface area (Å²) >= 11 is 0. The second-order valence-corrected chi connectivity index (χ2v) is 4.86. The van der Waals surface area contributed by atoms with E-state index in [0.717, 1.165) is 12.8 Å². The maximum absolute atomic E-state index is 12.1. The number of piperidine rings is 1. The van der Waals surface area contributed by atoms with Crippen LogP contribution in [-0.2, 0) is 14.3 Å². The third-order valence-electron chi connectivity index (χ3n) is 3.58. The molecule has 1 fully saturated rings. The van der Waals surface area contributed by atoms with Gasteiger partial charge in [-0.3, -0.25) is 4.79 Å². The van der Waals surface area contributed by atoms with Crippen molar-refractivity contribution in [2.24, 2.45) is 5.92 Å². The Morgan fingerprint density at radius 1 is 1.40 bits per heavy atom. The van der Waals surface area contributed by atoms with Crippen molar-refractivity contribution in [3.05, 3.63) is 0 Å². The smallest absolute Gasteiger partial charge is 0.328 e. The SMILES string of the molecule is CCC(CNC(=O)N1CCCCC1C(=O)OC)C(=O)O. The number of nitrogens with one attached hydrogen (secondary N) is 1. The number of carbonyl (C=O) groups is 3. The molecule has 0 spiro atoms. The highest BCUT2D eigenvalue weighted by atomic mass is 16.5. The van der Waals surface area contributed by atoms with Gasteiger partial charge in [-0.1, -0.05) is 6.92 Å². The summed E-state index contributed by atoms with van der Waals surface area (Å²) < 4.78 is 4.70. The minimum absolute atomic E-state index is 0.0645. The second-order valence-electron chi connectivity index (χ2n) is 4.86. The molecule has 0 aromatic heterocycles. The maximum atomic E-state index is 12.1. The van der Waals surface area contributed by atoms with Gasteiger partial charge in [-0.25, -0.2) is 9.59 Å². The molecule has 2 amide bonds. The Morgan fingerprint density at radius 3 is 2.65 bits per heavy atom. The van der Waals surface area contributed by atoms with Crippen LogP contribution >= 0.6 is 0 Å². The Bertz CT molecular complexity index is 372. The summed E-state index contributed by atoms with van der Waals surface area (Å²) in [6, 6.07) is -0.974. The Kier molecular flexibility index (Phi) is 6.27. The molecular weight excluding hydrogens is 264 g/mol. The first-order valence-electron chi connectivity index (χ1n) is 6.86. The predicted octanol–water partition coefficient (Wildman–Crippen LogP) is 0.834. The first-order chi connectivity index (χ1) is 9.51. The van der Waals surface area contributed by atoms with E-state index in [1.54, 1.807) is 6.92 Å². The van der Waals surface area contributed by atoms with Gasteiger partial charge in [0.1, 0.15) is 6.04 Å².